The molecule has 0 radical (unpaired) electrons. The highest BCUT2D eigenvalue weighted by Crippen LogP contribution is 2.10. The molecule has 0 spiro atoms. The number of hydrazine groups is 1. The molecule has 0 aromatic heterocycles. The molecule has 1 fully saturated rings. The molecule has 5 heteroatoms. The second kappa shape index (κ2) is 5.53. The fourth-order valence-corrected chi connectivity index (χ4v) is 1.45. The zero-order chi connectivity index (χ0) is 9.52. The average Bonchev–Trinajstić information content (AvgIpc) is 2.42. The molecule has 0 saturated carbocycles. The van der Waals surface area contributed by atoms with Gasteiger partial charge in [0.1, 0.15) is 0 Å². The van der Waals surface area contributed by atoms with Crippen molar-refractivity contribution < 1.29 is 9.59 Å². The van der Waals surface area contributed by atoms with Crippen molar-refractivity contribution in [1.29, 1.82) is 0 Å². The fraction of sp³-hybridized carbons (Fsp3) is 0.750. The van der Waals surface area contributed by atoms with Gasteiger partial charge in [-0.2, -0.15) is 0 Å². The SMILES string of the molecule is O=CNNC(=O)[C@@H]1CCCCNC1. The maximum Gasteiger partial charge on any atom is 0.242 e. The summed E-state index contributed by atoms with van der Waals surface area (Å²) in [7, 11) is 0. The number of rotatable bonds is 3. The van der Waals surface area contributed by atoms with Gasteiger partial charge in [0, 0.05) is 6.54 Å². The van der Waals surface area contributed by atoms with Crippen LogP contribution in [-0.2, 0) is 9.59 Å². The Kier molecular flexibility index (Phi) is 4.25. The van der Waals surface area contributed by atoms with Gasteiger partial charge < -0.3 is 5.32 Å². The summed E-state index contributed by atoms with van der Waals surface area (Å²) >= 11 is 0. The van der Waals surface area contributed by atoms with Crippen LogP contribution in [0.3, 0.4) is 0 Å². The van der Waals surface area contributed by atoms with E-state index >= 15 is 0 Å². The van der Waals surface area contributed by atoms with Crippen LogP contribution in [0.2, 0.25) is 0 Å². The van der Waals surface area contributed by atoms with Crippen molar-refractivity contribution in [3.8, 4) is 0 Å². The lowest BCUT2D eigenvalue weighted by Crippen LogP contribution is -2.42. The minimum atomic E-state index is -0.110. The normalized spacial score (nSPS) is 22.9. The van der Waals surface area contributed by atoms with E-state index in [-0.39, 0.29) is 11.8 Å². The summed E-state index contributed by atoms with van der Waals surface area (Å²) in [6, 6.07) is 0. The molecule has 3 N–H and O–H groups in total. The Balaban J connectivity index is 2.30. The number of amides is 2. The van der Waals surface area contributed by atoms with E-state index in [1.807, 2.05) is 0 Å². The number of carbonyl (C=O) groups is 2. The third-order valence-corrected chi connectivity index (χ3v) is 2.17. The summed E-state index contributed by atoms with van der Waals surface area (Å²) in [5, 5.41) is 3.18. The van der Waals surface area contributed by atoms with Gasteiger partial charge >= 0.3 is 0 Å². The first kappa shape index (κ1) is 9.98. The monoisotopic (exact) mass is 185 g/mol. The van der Waals surface area contributed by atoms with Crippen LogP contribution in [0, 0.1) is 5.92 Å². The van der Waals surface area contributed by atoms with Crippen LogP contribution in [0.1, 0.15) is 19.3 Å². The number of carbonyl (C=O) groups excluding carboxylic acids is 2. The minimum Gasteiger partial charge on any atom is -0.316 e. The zero-order valence-electron chi connectivity index (χ0n) is 7.51. The molecule has 0 bridgehead atoms. The van der Waals surface area contributed by atoms with Gasteiger partial charge in [-0.1, -0.05) is 6.42 Å². The molecule has 0 aliphatic carbocycles. The molecule has 0 aromatic carbocycles. The maximum absolute atomic E-state index is 11.3. The lowest BCUT2D eigenvalue weighted by Gasteiger charge is -2.12. The van der Waals surface area contributed by atoms with Gasteiger partial charge in [-0.3, -0.25) is 20.4 Å². The van der Waals surface area contributed by atoms with Crippen molar-refractivity contribution in [3.05, 3.63) is 0 Å². The number of nitrogens with one attached hydrogen (secondary N) is 3. The lowest BCUT2D eigenvalue weighted by atomic mass is 10.0. The fourth-order valence-electron chi connectivity index (χ4n) is 1.45. The van der Waals surface area contributed by atoms with E-state index in [0.717, 1.165) is 25.8 Å². The second-order valence-electron chi connectivity index (χ2n) is 3.15. The van der Waals surface area contributed by atoms with Crippen molar-refractivity contribution in [3.63, 3.8) is 0 Å². The average molecular weight is 185 g/mol. The molecule has 1 atom stereocenters. The van der Waals surface area contributed by atoms with Gasteiger partial charge in [0.2, 0.25) is 12.3 Å². The van der Waals surface area contributed by atoms with Crippen LogP contribution < -0.4 is 16.2 Å². The van der Waals surface area contributed by atoms with Crippen molar-refractivity contribution in [2.45, 2.75) is 19.3 Å². The van der Waals surface area contributed by atoms with E-state index in [9.17, 15) is 9.59 Å². The van der Waals surface area contributed by atoms with Gasteiger partial charge in [0.05, 0.1) is 5.92 Å². The first-order chi connectivity index (χ1) is 6.34. The van der Waals surface area contributed by atoms with Gasteiger partial charge in [0.25, 0.3) is 0 Å². The van der Waals surface area contributed by atoms with E-state index < -0.39 is 0 Å². The van der Waals surface area contributed by atoms with Crippen LogP contribution in [0.5, 0.6) is 0 Å². The molecule has 0 unspecified atom stereocenters. The second-order valence-corrected chi connectivity index (χ2v) is 3.15. The molecule has 1 rings (SSSR count). The summed E-state index contributed by atoms with van der Waals surface area (Å²) in [5.41, 5.74) is 4.49. The van der Waals surface area contributed by atoms with Gasteiger partial charge in [-0.05, 0) is 19.4 Å². The Hall–Kier alpha value is -1.10. The van der Waals surface area contributed by atoms with E-state index in [1.165, 1.54) is 0 Å². The Morgan fingerprint density at radius 2 is 2.31 bits per heavy atom. The first-order valence-electron chi connectivity index (χ1n) is 4.54. The highest BCUT2D eigenvalue weighted by Gasteiger charge is 2.19. The summed E-state index contributed by atoms with van der Waals surface area (Å²) in [4.78, 5) is 21.3. The largest absolute Gasteiger partial charge is 0.316 e. The molecule has 2 amide bonds. The molecule has 74 valence electrons. The van der Waals surface area contributed by atoms with Crippen LogP contribution in [0.15, 0.2) is 0 Å². The van der Waals surface area contributed by atoms with E-state index in [4.69, 9.17) is 0 Å². The summed E-state index contributed by atoms with van der Waals surface area (Å²) < 4.78 is 0. The summed E-state index contributed by atoms with van der Waals surface area (Å²) in [6.45, 7) is 1.68. The highest BCUT2D eigenvalue weighted by molar-refractivity contribution is 5.79. The third kappa shape index (κ3) is 3.42. The minimum absolute atomic E-state index is 0.0186. The Morgan fingerprint density at radius 3 is 3.08 bits per heavy atom. The number of hydrogen-bond acceptors (Lipinski definition) is 3. The summed E-state index contributed by atoms with van der Waals surface area (Å²) in [5.74, 6) is -0.128. The van der Waals surface area contributed by atoms with E-state index in [1.54, 1.807) is 0 Å². The van der Waals surface area contributed by atoms with Gasteiger partial charge in [0.15, 0.2) is 0 Å². The molecule has 1 saturated heterocycles. The zero-order valence-corrected chi connectivity index (χ0v) is 7.51. The quantitative estimate of drug-likeness (QED) is 0.396. The lowest BCUT2D eigenvalue weighted by molar-refractivity contribution is -0.128. The standard InChI is InChI=1S/C8H15N3O2/c12-6-10-11-8(13)7-3-1-2-4-9-5-7/h6-7,9H,1-5H2,(H,10,12)(H,11,13)/t7-/m1/s1. The van der Waals surface area contributed by atoms with Crippen molar-refractivity contribution in [1.82, 2.24) is 16.2 Å². The molecular formula is C8H15N3O2. The predicted molar refractivity (Wildman–Crippen MR) is 47.6 cm³/mol. The maximum atomic E-state index is 11.3. The Labute approximate surface area is 77.2 Å². The van der Waals surface area contributed by atoms with Crippen LogP contribution >= 0.6 is 0 Å². The van der Waals surface area contributed by atoms with Crippen LogP contribution in [0.25, 0.3) is 0 Å². The molecule has 5 nitrogen and oxygen atoms in total. The molecule has 13 heavy (non-hydrogen) atoms. The Bertz CT molecular complexity index is 176. The third-order valence-electron chi connectivity index (χ3n) is 2.17. The van der Waals surface area contributed by atoms with Gasteiger partial charge in [-0.15, -0.1) is 0 Å². The highest BCUT2D eigenvalue weighted by atomic mass is 16.2. The van der Waals surface area contributed by atoms with E-state index in [2.05, 4.69) is 16.2 Å². The predicted octanol–water partition coefficient (Wildman–Crippen LogP) is -0.847. The van der Waals surface area contributed by atoms with Crippen molar-refractivity contribution in [2.24, 2.45) is 5.92 Å². The van der Waals surface area contributed by atoms with Crippen LogP contribution in [0.4, 0.5) is 0 Å². The number of hydrogen-bond donors (Lipinski definition) is 3. The van der Waals surface area contributed by atoms with E-state index in [0.29, 0.717) is 13.0 Å². The molecular weight excluding hydrogens is 170 g/mol. The molecule has 1 aliphatic heterocycles. The van der Waals surface area contributed by atoms with Crippen molar-refractivity contribution >= 4 is 12.3 Å². The van der Waals surface area contributed by atoms with Gasteiger partial charge in [-0.25, -0.2) is 0 Å². The topological polar surface area (TPSA) is 70.2 Å². The smallest absolute Gasteiger partial charge is 0.242 e. The summed E-state index contributed by atoms with van der Waals surface area (Å²) in [6.07, 6.45) is 3.53. The molecule has 1 aliphatic rings. The van der Waals surface area contributed by atoms with Crippen LogP contribution in [-0.4, -0.2) is 25.4 Å². The Morgan fingerprint density at radius 1 is 1.46 bits per heavy atom. The van der Waals surface area contributed by atoms with Crippen molar-refractivity contribution in [2.75, 3.05) is 13.1 Å². The molecule has 1 heterocycles. The first-order valence-corrected chi connectivity index (χ1v) is 4.54. The molecule has 0 aromatic rings.